The lowest BCUT2D eigenvalue weighted by Crippen LogP contribution is -2.34. The van der Waals surface area contributed by atoms with Gasteiger partial charge in [-0.05, 0) is 37.3 Å². The summed E-state index contributed by atoms with van der Waals surface area (Å²) >= 11 is 0. The zero-order chi connectivity index (χ0) is 13.8. The lowest BCUT2D eigenvalue weighted by Gasteiger charge is -2.12. The highest BCUT2D eigenvalue weighted by Crippen LogP contribution is 2.12. The predicted molar refractivity (Wildman–Crippen MR) is 70.2 cm³/mol. The fraction of sp³-hybridized carbons (Fsp3) is 0.214. The SMILES string of the molecule is CC(Cc1ccco1)NC(=O)c1ccc(N)c(F)c1. The number of anilines is 1. The molecule has 0 saturated heterocycles. The fourth-order valence-electron chi connectivity index (χ4n) is 1.76. The number of hydrogen-bond acceptors (Lipinski definition) is 3. The number of furan rings is 1. The molecule has 100 valence electrons. The molecule has 1 aromatic carbocycles. The summed E-state index contributed by atoms with van der Waals surface area (Å²) in [5, 5.41) is 2.77. The fourth-order valence-corrected chi connectivity index (χ4v) is 1.76. The number of nitrogens with two attached hydrogens (primary N) is 1. The van der Waals surface area contributed by atoms with Crippen LogP contribution >= 0.6 is 0 Å². The third-order valence-electron chi connectivity index (χ3n) is 2.73. The van der Waals surface area contributed by atoms with Crippen LogP contribution in [0.3, 0.4) is 0 Å². The van der Waals surface area contributed by atoms with Crippen LogP contribution in [-0.2, 0) is 6.42 Å². The van der Waals surface area contributed by atoms with E-state index in [-0.39, 0.29) is 23.2 Å². The Morgan fingerprint density at radius 3 is 2.89 bits per heavy atom. The number of nitrogen functional groups attached to an aromatic ring is 1. The molecule has 2 rings (SSSR count). The largest absolute Gasteiger partial charge is 0.469 e. The maximum atomic E-state index is 13.3. The van der Waals surface area contributed by atoms with Crippen molar-refractivity contribution in [1.82, 2.24) is 5.32 Å². The van der Waals surface area contributed by atoms with Crippen molar-refractivity contribution < 1.29 is 13.6 Å². The summed E-state index contributed by atoms with van der Waals surface area (Å²) in [5.41, 5.74) is 5.64. The zero-order valence-corrected chi connectivity index (χ0v) is 10.5. The number of nitrogens with one attached hydrogen (secondary N) is 1. The molecule has 2 aromatic rings. The quantitative estimate of drug-likeness (QED) is 0.831. The van der Waals surface area contributed by atoms with E-state index in [4.69, 9.17) is 10.2 Å². The molecule has 0 saturated carbocycles. The van der Waals surface area contributed by atoms with Crippen LogP contribution in [0.2, 0.25) is 0 Å². The summed E-state index contributed by atoms with van der Waals surface area (Å²) in [4.78, 5) is 11.9. The lowest BCUT2D eigenvalue weighted by molar-refractivity contribution is 0.0939. The molecule has 0 radical (unpaired) electrons. The molecule has 0 fully saturated rings. The van der Waals surface area contributed by atoms with E-state index in [1.807, 2.05) is 13.0 Å². The van der Waals surface area contributed by atoms with E-state index in [0.29, 0.717) is 6.42 Å². The van der Waals surface area contributed by atoms with Crippen LogP contribution in [0.15, 0.2) is 41.0 Å². The Labute approximate surface area is 110 Å². The van der Waals surface area contributed by atoms with Gasteiger partial charge in [-0.2, -0.15) is 0 Å². The lowest BCUT2D eigenvalue weighted by atomic mass is 10.1. The summed E-state index contributed by atoms with van der Waals surface area (Å²) in [6.07, 6.45) is 2.16. The van der Waals surface area contributed by atoms with Gasteiger partial charge in [-0.1, -0.05) is 0 Å². The van der Waals surface area contributed by atoms with Gasteiger partial charge in [0.2, 0.25) is 0 Å². The first-order chi connectivity index (χ1) is 9.06. The Balaban J connectivity index is 1.98. The van der Waals surface area contributed by atoms with Crippen LogP contribution < -0.4 is 11.1 Å². The minimum atomic E-state index is -0.591. The predicted octanol–water partition coefficient (Wildman–Crippen LogP) is 2.36. The Morgan fingerprint density at radius 1 is 1.47 bits per heavy atom. The van der Waals surface area contributed by atoms with Gasteiger partial charge in [-0.25, -0.2) is 4.39 Å². The van der Waals surface area contributed by atoms with Crippen LogP contribution in [0.25, 0.3) is 0 Å². The van der Waals surface area contributed by atoms with Gasteiger partial charge in [0.1, 0.15) is 11.6 Å². The number of benzene rings is 1. The van der Waals surface area contributed by atoms with Crippen molar-refractivity contribution in [3.63, 3.8) is 0 Å². The van der Waals surface area contributed by atoms with Gasteiger partial charge >= 0.3 is 0 Å². The minimum absolute atomic E-state index is 0.0279. The normalized spacial score (nSPS) is 12.1. The molecule has 0 aliphatic heterocycles. The molecule has 5 heteroatoms. The smallest absolute Gasteiger partial charge is 0.251 e. The van der Waals surface area contributed by atoms with Crippen molar-refractivity contribution in [2.75, 3.05) is 5.73 Å². The summed E-state index contributed by atoms with van der Waals surface area (Å²) in [7, 11) is 0. The molecule has 1 heterocycles. The van der Waals surface area contributed by atoms with Gasteiger partial charge in [-0.15, -0.1) is 0 Å². The molecule has 4 nitrogen and oxygen atoms in total. The average molecular weight is 262 g/mol. The minimum Gasteiger partial charge on any atom is -0.469 e. The van der Waals surface area contributed by atoms with Crippen molar-refractivity contribution >= 4 is 11.6 Å². The average Bonchev–Trinajstić information content (AvgIpc) is 2.85. The first-order valence-corrected chi connectivity index (χ1v) is 5.94. The number of rotatable bonds is 4. The van der Waals surface area contributed by atoms with Crippen molar-refractivity contribution in [1.29, 1.82) is 0 Å². The van der Waals surface area contributed by atoms with E-state index in [1.165, 1.54) is 12.1 Å². The number of carbonyl (C=O) groups excluding carboxylic acids is 1. The Hall–Kier alpha value is -2.30. The van der Waals surface area contributed by atoms with Crippen LogP contribution in [0.5, 0.6) is 0 Å². The monoisotopic (exact) mass is 262 g/mol. The van der Waals surface area contributed by atoms with E-state index in [2.05, 4.69) is 5.32 Å². The maximum Gasteiger partial charge on any atom is 0.251 e. The molecule has 1 atom stereocenters. The first-order valence-electron chi connectivity index (χ1n) is 5.94. The molecule has 1 unspecified atom stereocenters. The summed E-state index contributed by atoms with van der Waals surface area (Å²) < 4.78 is 18.5. The van der Waals surface area contributed by atoms with Gasteiger partial charge < -0.3 is 15.5 Å². The van der Waals surface area contributed by atoms with E-state index in [0.717, 1.165) is 11.8 Å². The number of carbonyl (C=O) groups is 1. The molecule has 0 spiro atoms. The van der Waals surface area contributed by atoms with Crippen molar-refractivity contribution in [2.45, 2.75) is 19.4 Å². The maximum absolute atomic E-state index is 13.3. The van der Waals surface area contributed by atoms with Gasteiger partial charge in [0.05, 0.1) is 12.0 Å². The second-order valence-electron chi connectivity index (χ2n) is 4.39. The Kier molecular flexibility index (Phi) is 3.85. The molecule has 1 amide bonds. The molecular weight excluding hydrogens is 247 g/mol. The topological polar surface area (TPSA) is 68.3 Å². The summed E-state index contributed by atoms with van der Waals surface area (Å²) in [5.74, 6) is -0.138. The molecular formula is C14H15FN2O2. The zero-order valence-electron chi connectivity index (χ0n) is 10.5. The molecule has 1 aromatic heterocycles. The highest BCUT2D eigenvalue weighted by atomic mass is 19.1. The van der Waals surface area contributed by atoms with Crippen molar-refractivity contribution in [3.05, 3.63) is 53.7 Å². The van der Waals surface area contributed by atoms with Gasteiger partial charge in [0.25, 0.3) is 5.91 Å². The first kappa shape index (κ1) is 13.1. The van der Waals surface area contributed by atoms with Gasteiger partial charge in [0.15, 0.2) is 0 Å². The second kappa shape index (κ2) is 5.56. The van der Waals surface area contributed by atoms with E-state index in [1.54, 1.807) is 12.3 Å². The second-order valence-corrected chi connectivity index (χ2v) is 4.39. The van der Waals surface area contributed by atoms with Crippen LogP contribution in [0.1, 0.15) is 23.0 Å². The van der Waals surface area contributed by atoms with E-state index < -0.39 is 5.82 Å². The molecule has 19 heavy (non-hydrogen) atoms. The number of hydrogen-bond donors (Lipinski definition) is 2. The Bertz CT molecular complexity index is 567. The molecule has 0 aliphatic rings. The van der Waals surface area contributed by atoms with Crippen molar-refractivity contribution in [3.8, 4) is 0 Å². The third-order valence-corrected chi connectivity index (χ3v) is 2.73. The van der Waals surface area contributed by atoms with E-state index in [9.17, 15) is 9.18 Å². The van der Waals surface area contributed by atoms with Crippen LogP contribution in [-0.4, -0.2) is 11.9 Å². The molecule has 0 bridgehead atoms. The highest BCUT2D eigenvalue weighted by molar-refractivity contribution is 5.94. The molecule has 3 N–H and O–H groups in total. The van der Waals surface area contributed by atoms with Gasteiger partial charge in [0, 0.05) is 18.0 Å². The standard InChI is InChI=1S/C14H15FN2O2/c1-9(7-11-3-2-6-19-11)17-14(18)10-4-5-13(16)12(15)8-10/h2-6,8-9H,7,16H2,1H3,(H,17,18). The molecule has 0 aliphatic carbocycles. The van der Waals surface area contributed by atoms with Crippen LogP contribution in [0.4, 0.5) is 10.1 Å². The van der Waals surface area contributed by atoms with E-state index >= 15 is 0 Å². The number of amides is 1. The Morgan fingerprint density at radius 2 is 2.26 bits per heavy atom. The summed E-state index contributed by atoms with van der Waals surface area (Å²) in [6.45, 7) is 1.86. The van der Waals surface area contributed by atoms with Gasteiger partial charge in [-0.3, -0.25) is 4.79 Å². The van der Waals surface area contributed by atoms with Crippen molar-refractivity contribution in [2.24, 2.45) is 0 Å². The third kappa shape index (κ3) is 3.34. The number of halogens is 1. The highest BCUT2D eigenvalue weighted by Gasteiger charge is 2.12. The summed E-state index contributed by atoms with van der Waals surface area (Å²) in [6, 6.07) is 7.52. The van der Waals surface area contributed by atoms with Crippen LogP contribution in [0, 0.1) is 5.82 Å².